The number of amides is 8. The van der Waals surface area contributed by atoms with Gasteiger partial charge in [0.05, 0.1) is 11.1 Å². The highest BCUT2D eigenvalue weighted by Crippen LogP contribution is 2.40. The maximum absolute atomic E-state index is 11.8. The minimum Gasteiger partial charge on any atom is -0.382 e. The molecule has 0 spiro atoms. The number of Topliss-reactive ketones (excluding diaryl/α,β-unsaturated/α-hetero) is 1. The lowest BCUT2D eigenvalue weighted by Crippen LogP contribution is -2.61. The van der Waals surface area contributed by atoms with Crippen LogP contribution in [0.15, 0.2) is 102 Å². The van der Waals surface area contributed by atoms with Gasteiger partial charge in [-0.15, -0.1) is 11.6 Å². The first-order chi connectivity index (χ1) is 40.5. The van der Waals surface area contributed by atoms with Gasteiger partial charge in [0.25, 0.3) is 23.6 Å². The van der Waals surface area contributed by atoms with Crippen LogP contribution in [-0.2, 0) is 43.2 Å². The number of anilines is 1. The molecule has 482 valence electrons. The number of likely N-dealkylation sites (tertiary alicyclic amines) is 4. The van der Waals surface area contributed by atoms with Gasteiger partial charge in [0.15, 0.2) is 0 Å². The number of nitrogens with zero attached hydrogens (tertiary/aromatic N) is 5. The Bertz CT molecular complexity index is 3010. The molecule has 3 aromatic carbocycles. The van der Waals surface area contributed by atoms with Crippen LogP contribution in [0.4, 0.5) is 5.69 Å². The molecule has 7 aliphatic rings. The Morgan fingerprint density at radius 2 is 0.807 bits per heavy atom. The van der Waals surface area contributed by atoms with Crippen molar-refractivity contribution in [2.75, 3.05) is 40.6 Å². The summed E-state index contributed by atoms with van der Waals surface area (Å²) in [5.74, 6) is -1.33. The SMILES string of the molecule is CC1=C(c2ccccc2)C(=O)N(C)C1=O.CC1=C(c2ccccc2)C(=O)NC1=O.CC1C(=O)NC(=O)C1C.CN1C(=O)CCC1=O.CN1C(C)(C)CC(=O)CC1(C)C.CN1C(C)(C)CC(Cl)CC1(C)C.CN1C(C)(C)CC(Nc2ccccc2)CC1(C)C. The maximum Gasteiger partial charge on any atom is 0.261 e. The van der Waals surface area contributed by atoms with Gasteiger partial charge in [-0.2, -0.15) is 0 Å². The van der Waals surface area contributed by atoms with E-state index in [1.165, 1.54) is 37.5 Å². The molecule has 3 aromatic rings. The Balaban J connectivity index is 0.000000223. The number of hydrogen-bond donors (Lipinski definition) is 3. The Morgan fingerprint density at radius 1 is 0.443 bits per heavy atom. The monoisotopic (exact) mass is 1230 g/mol. The minimum absolute atomic E-state index is 0.0266. The van der Waals surface area contributed by atoms with Gasteiger partial charge in [0, 0.05) is 113 Å². The van der Waals surface area contributed by atoms with Gasteiger partial charge in [-0.1, -0.05) is 92.7 Å². The largest absolute Gasteiger partial charge is 0.382 e. The topological polar surface area (TPSA) is 206 Å². The second-order valence-electron chi connectivity index (χ2n) is 28.0. The predicted molar refractivity (Wildman–Crippen MR) is 351 cm³/mol. The van der Waals surface area contributed by atoms with Crippen LogP contribution < -0.4 is 16.0 Å². The standard InChI is InChI=1S/C16H26N2.C12H11NO2.C11H9NO2.C10H20ClN.C10H19NO.C6H9NO2.C5H7NO2/c1-15(2)11-14(12-16(3,4)18(15)5)17-13-9-7-6-8-10-13;1-8-10(9-6-4-3-5-7-9)12(15)13(2)11(8)14;1-7-9(11(14)12-10(7)13)8-5-3-2-4-6-8;1-9(2)6-8(11)7-10(3,4)12(9)5;1-9(2)6-8(12)7-10(3,4)11(9)5;1-3-4(2)6(9)7-5(3)8;1-6-4(7)2-3-5(6)8/h6-10,14,17H,11-12H2,1-5H3;3-7H,1-2H3;2-6H,1H3,(H,12,13,14);8H,6-7H2,1-5H3;6-7H2,1-5H3;3-4H,1-2H3,(H,7,8,9);2-3H2,1H3. The third-order valence-electron chi connectivity index (χ3n) is 18.7. The van der Waals surface area contributed by atoms with Crippen LogP contribution in [-0.4, -0.2) is 157 Å². The molecule has 0 aliphatic carbocycles. The number of rotatable bonds is 4. The van der Waals surface area contributed by atoms with Crippen LogP contribution in [0, 0.1) is 11.8 Å². The highest BCUT2D eigenvalue weighted by molar-refractivity contribution is 6.36. The van der Waals surface area contributed by atoms with E-state index in [2.05, 4.69) is 165 Å². The third-order valence-corrected chi connectivity index (χ3v) is 19.0. The highest BCUT2D eigenvalue weighted by Gasteiger charge is 2.45. The summed E-state index contributed by atoms with van der Waals surface area (Å²) in [7, 11) is 9.57. The molecule has 0 bridgehead atoms. The normalized spacial score (nSPS) is 23.8. The lowest BCUT2D eigenvalue weighted by atomic mass is 9.77. The number of piperidine rings is 3. The first kappa shape index (κ1) is 73.8. The van der Waals surface area contributed by atoms with Crippen molar-refractivity contribution in [2.24, 2.45) is 11.8 Å². The van der Waals surface area contributed by atoms with Gasteiger partial charge in [0.1, 0.15) is 5.78 Å². The van der Waals surface area contributed by atoms with Crippen LogP contribution in [0.2, 0.25) is 0 Å². The summed E-state index contributed by atoms with van der Waals surface area (Å²) in [5.41, 5.74) is 5.86. The first-order valence-electron chi connectivity index (χ1n) is 30.5. The molecule has 3 N–H and O–H groups in total. The number of carbonyl (C=O) groups excluding carboxylic acids is 9. The van der Waals surface area contributed by atoms with Gasteiger partial charge in [0.2, 0.25) is 23.6 Å². The second-order valence-corrected chi connectivity index (χ2v) is 28.6. The molecule has 0 aromatic heterocycles. The fraction of sp³-hybridized carbons (Fsp3) is 0.557. The van der Waals surface area contributed by atoms with E-state index in [0.29, 0.717) is 65.2 Å². The lowest BCUT2D eigenvalue weighted by molar-refractivity contribution is -0.137. The number of para-hydroxylation sites is 1. The summed E-state index contributed by atoms with van der Waals surface area (Å²) in [6.45, 7) is 33.8. The molecule has 7 aliphatic heterocycles. The Morgan fingerprint density at radius 3 is 1.12 bits per heavy atom. The van der Waals surface area contributed by atoms with Crippen molar-refractivity contribution in [1.82, 2.24) is 35.1 Å². The van der Waals surface area contributed by atoms with E-state index in [9.17, 15) is 43.2 Å². The van der Waals surface area contributed by atoms with E-state index in [4.69, 9.17) is 11.6 Å². The van der Waals surface area contributed by atoms with Crippen molar-refractivity contribution in [1.29, 1.82) is 0 Å². The quantitative estimate of drug-likeness (QED) is 0.164. The van der Waals surface area contributed by atoms with Crippen molar-refractivity contribution in [2.45, 2.75) is 207 Å². The second kappa shape index (κ2) is 29.8. The van der Waals surface area contributed by atoms with Crippen LogP contribution in [0.25, 0.3) is 11.1 Å². The van der Waals surface area contributed by atoms with E-state index < -0.39 is 0 Å². The highest BCUT2D eigenvalue weighted by atomic mass is 35.5. The zero-order valence-corrected chi connectivity index (χ0v) is 57.2. The smallest absolute Gasteiger partial charge is 0.261 e. The number of hydrogen-bond acceptors (Lipinski definition) is 13. The molecule has 2 atom stereocenters. The molecular weight excluding hydrogens is 1130 g/mol. The Kier molecular flexibility index (Phi) is 25.0. The van der Waals surface area contributed by atoms with E-state index in [1.807, 2.05) is 60.7 Å². The molecule has 17 nitrogen and oxygen atoms in total. The van der Waals surface area contributed by atoms with Crippen LogP contribution in [0.3, 0.4) is 0 Å². The fourth-order valence-corrected chi connectivity index (χ4v) is 13.0. The number of alkyl halides is 1. The molecular formula is C70H101ClN8O9. The third kappa shape index (κ3) is 18.9. The molecule has 7 heterocycles. The summed E-state index contributed by atoms with van der Waals surface area (Å²) in [4.78, 5) is 109. The zero-order valence-electron chi connectivity index (χ0n) is 56.4. The molecule has 0 saturated carbocycles. The molecule has 0 radical (unpaired) electrons. The summed E-state index contributed by atoms with van der Waals surface area (Å²) >= 11 is 6.22. The number of benzene rings is 3. The van der Waals surface area contributed by atoms with Gasteiger partial charge in [-0.05, 0) is 167 Å². The molecule has 18 heteroatoms. The molecule has 8 amide bonds. The number of nitrogens with one attached hydrogen (secondary N) is 3. The van der Waals surface area contributed by atoms with Gasteiger partial charge >= 0.3 is 0 Å². The minimum atomic E-state index is -0.307. The van der Waals surface area contributed by atoms with Gasteiger partial charge in [-0.25, -0.2) is 0 Å². The molecule has 88 heavy (non-hydrogen) atoms. The van der Waals surface area contributed by atoms with Crippen LogP contribution in [0.5, 0.6) is 0 Å². The van der Waals surface area contributed by atoms with Crippen LogP contribution >= 0.6 is 11.6 Å². The number of halogens is 1. The van der Waals surface area contributed by atoms with Crippen molar-refractivity contribution in [3.63, 3.8) is 0 Å². The summed E-state index contributed by atoms with van der Waals surface area (Å²) in [6, 6.07) is 29.5. The summed E-state index contributed by atoms with van der Waals surface area (Å²) in [6.07, 6.45) is 6.72. The van der Waals surface area contributed by atoms with Gasteiger partial charge in [-0.3, -0.25) is 78.3 Å². The zero-order chi connectivity index (χ0) is 66.8. The number of carbonyl (C=O) groups is 9. The van der Waals surface area contributed by atoms with Crippen LogP contribution in [0.1, 0.15) is 173 Å². The Labute approximate surface area is 529 Å². The molecule has 5 fully saturated rings. The molecule has 2 unspecified atom stereocenters. The summed E-state index contributed by atoms with van der Waals surface area (Å²) < 4.78 is 0. The van der Waals surface area contributed by atoms with Crippen molar-refractivity contribution in [3.05, 3.63) is 113 Å². The Hall–Kier alpha value is -6.66. The van der Waals surface area contributed by atoms with Gasteiger partial charge < -0.3 is 5.32 Å². The molecule has 10 rings (SSSR count). The fourth-order valence-electron chi connectivity index (χ4n) is 12.3. The molecule has 5 saturated heterocycles. The van der Waals surface area contributed by atoms with Crippen molar-refractivity contribution >= 4 is 81.5 Å². The first-order valence-corrected chi connectivity index (χ1v) is 31.0. The average Bonchev–Trinajstić information content (AvgIpc) is 1.86. The summed E-state index contributed by atoms with van der Waals surface area (Å²) in [5, 5.41) is 8.53. The maximum atomic E-state index is 11.8. The lowest BCUT2D eigenvalue weighted by Gasteiger charge is -2.53. The van der Waals surface area contributed by atoms with E-state index in [-0.39, 0.29) is 92.3 Å². The van der Waals surface area contributed by atoms with E-state index in [1.54, 1.807) is 27.7 Å². The number of imide groups is 4. The number of likely N-dealkylation sites (N-methyl/N-ethyl adjacent to an activating group) is 1. The van der Waals surface area contributed by atoms with Crippen molar-refractivity contribution in [3.8, 4) is 0 Å². The van der Waals surface area contributed by atoms with Crippen molar-refractivity contribution < 1.29 is 43.2 Å². The van der Waals surface area contributed by atoms with E-state index >= 15 is 0 Å². The number of ketones is 1. The average molecular weight is 1230 g/mol. The van der Waals surface area contributed by atoms with E-state index in [0.717, 1.165) is 28.9 Å². The predicted octanol–water partition coefficient (Wildman–Crippen LogP) is 10.7.